The normalized spacial score (nSPS) is 17.5. The largest absolute Gasteiger partial charge is 0.497 e. The molecular weight excluding hydrogens is 767 g/mol. The molecule has 2 amide bonds. The van der Waals surface area contributed by atoms with Crippen LogP contribution < -0.4 is 34.2 Å². The summed E-state index contributed by atoms with van der Waals surface area (Å²) in [6.45, 7) is 2.48. The van der Waals surface area contributed by atoms with E-state index in [1.165, 1.54) is 7.11 Å². The summed E-state index contributed by atoms with van der Waals surface area (Å²) in [4.78, 5) is 40.5. The first kappa shape index (κ1) is 40.2. The number of carbonyl (C=O) groups is 2. The van der Waals surface area contributed by atoms with Gasteiger partial charge in [0, 0.05) is 62.8 Å². The van der Waals surface area contributed by atoms with Crippen molar-refractivity contribution in [1.29, 1.82) is 0 Å². The van der Waals surface area contributed by atoms with Crippen LogP contribution in [0.2, 0.25) is 0 Å². The molecule has 0 bridgehead atoms. The third-order valence-corrected chi connectivity index (χ3v) is 10.7. The molecule has 2 unspecified atom stereocenters. The van der Waals surface area contributed by atoms with Crippen LogP contribution >= 0.6 is 0 Å². The molecule has 4 aromatic carbocycles. The molecule has 8 rings (SSSR count). The van der Waals surface area contributed by atoms with E-state index < -0.39 is 0 Å². The summed E-state index contributed by atoms with van der Waals surface area (Å²) in [5.41, 5.74) is 11.4. The van der Waals surface area contributed by atoms with Gasteiger partial charge < -0.3 is 48.7 Å². The zero-order chi connectivity index (χ0) is 41.6. The molecule has 0 aromatic heterocycles. The number of fused-ring (bicyclic) bond motifs is 4. The molecule has 0 aliphatic carbocycles. The Morgan fingerprint density at radius 1 is 0.583 bits per heavy atom. The Morgan fingerprint density at radius 3 is 1.55 bits per heavy atom. The van der Waals surface area contributed by atoms with Crippen LogP contribution in [0.15, 0.2) is 95.2 Å². The second-order valence-corrected chi connectivity index (χ2v) is 14.4. The third kappa shape index (κ3) is 8.42. The van der Waals surface area contributed by atoms with E-state index >= 15 is 0 Å². The Balaban J connectivity index is 0.874. The first-order valence-electron chi connectivity index (χ1n) is 19.9. The summed E-state index contributed by atoms with van der Waals surface area (Å²) in [6, 6.07) is 22.0. The van der Waals surface area contributed by atoms with Crippen molar-refractivity contribution >= 4 is 46.8 Å². The summed E-state index contributed by atoms with van der Waals surface area (Å²) < 4.78 is 40.0. The Bertz CT molecular complexity index is 2360. The number of hydrogen-bond acceptors (Lipinski definition) is 12. The molecule has 4 aromatic rings. The first-order valence-corrected chi connectivity index (χ1v) is 19.9. The maximum Gasteiger partial charge on any atom is 0.260 e. The van der Waals surface area contributed by atoms with Crippen molar-refractivity contribution in [2.75, 3.05) is 60.9 Å². The lowest BCUT2D eigenvalue weighted by Gasteiger charge is -2.19. The number of benzene rings is 4. The number of ether oxygens (including phenoxy) is 7. The fourth-order valence-electron chi connectivity index (χ4n) is 7.54. The molecule has 60 heavy (non-hydrogen) atoms. The lowest BCUT2D eigenvalue weighted by molar-refractivity contribution is 0.0809. The topological polar surface area (TPSA) is 156 Å². The van der Waals surface area contributed by atoms with Gasteiger partial charge in [-0.1, -0.05) is 24.3 Å². The van der Waals surface area contributed by atoms with Gasteiger partial charge in [-0.05, 0) is 58.7 Å². The molecular formula is C46H47N5O9. The van der Waals surface area contributed by atoms with Gasteiger partial charge in [-0.2, -0.15) is 0 Å². The standard InChI is InChI=1S/C46H47N5O9/c1-54-35-9-5-29(6-10-35)31-19-33-25-48-39-23-43(41(55-2)21-37(39)45(52)50(33)27-31)59-14-4-15-60-44-24-40-38(22-42(44)56-3)46(53)51-28-32(20-34(51)26-49-40)30-7-11-36(12-8-30)58-18-17-57-16-13-47/h5-12,21-28,33-34H,4,13-20,47H2,1-3H3. The Kier molecular flexibility index (Phi) is 12.1. The third-order valence-electron chi connectivity index (χ3n) is 10.7. The van der Waals surface area contributed by atoms with Crippen LogP contribution in [0.3, 0.4) is 0 Å². The predicted molar refractivity (Wildman–Crippen MR) is 228 cm³/mol. The van der Waals surface area contributed by atoms with Gasteiger partial charge >= 0.3 is 0 Å². The number of nitrogens with zero attached hydrogens (tertiary/aromatic N) is 4. The van der Waals surface area contributed by atoms with E-state index in [2.05, 4.69) is 0 Å². The minimum Gasteiger partial charge on any atom is -0.497 e. The number of aliphatic imine (C=N–C) groups is 2. The van der Waals surface area contributed by atoms with Crippen molar-refractivity contribution in [2.24, 2.45) is 15.7 Å². The molecule has 310 valence electrons. The van der Waals surface area contributed by atoms with E-state index in [4.69, 9.17) is 48.9 Å². The molecule has 0 fully saturated rings. The van der Waals surface area contributed by atoms with E-state index in [1.807, 2.05) is 73.4 Å². The number of amides is 2. The molecule has 2 atom stereocenters. The van der Waals surface area contributed by atoms with Crippen molar-refractivity contribution in [1.82, 2.24) is 9.80 Å². The van der Waals surface area contributed by atoms with Gasteiger partial charge in [0.15, 0.2) is 23.0 Å². The van der Waals surface area contributed by atoms with Gasteiger partial charge in [0.05, 0.1) is 82.3 Å². The van der Waals surface area contributed by atoms with Crippen LogP contribution in [0.5, 0.6) is 34.5 Å². The SMILES string of the molecule is COc1ccc(C2=CN3C(=O)c4cc(OC)c(OCCCOc5cc6c(cc5OC)C(=O)N5C=C(c7ccc(OCCOCCN)cc7)CC5C=N6)cc4N=CC3C2)cc1. The highest BCUT2D eigenvalue weighted by atomic mass is 16.5. The van der Waals surface area contributed by atoms with E-state index in [-0.39, 0.29) is 23.9 Å². The van der Waals surface area contributed by atoms with Gasteiger partial charge in [-0.15, -0.1) is 0 Å². The van der Waals surface area contributed by atoms with Crippen LogP contribution in [0.1, 0.15) is 51.1 Å². The maximum absolute atomic E-state index is 13.9. The summed E-state index contributed by atoms with van der Waals surface area (Å²) >= 11 is 0. The molecule has 0 spiro atoms. The smallest absolute Gasteiger partial charge is 0.260 e. The van der Waals surface area contributed by atoms with Gasteiger partial charge in [0.25, 0.3) is 11.8 Å². The van der Waals surface area contributed by atoms with Crippen LogP contribution in [0.25, 0.3) is 11.1 Å². The Morgan fingerprint density at radius 2 is 1.08 bits per heavy atom. The minimum absolute atomic E-state index is 0.161. The van der Waals surface area contributed by atoms with Crippen LogP contribution in [0, 0.1) is 0 Å². The van der Waals surface area contributed by atoms with Crippen LogP contribution in [-0.2, 0) is 4.74 Å². The molecule has 0 radical (unpaired) electrons. The number of methoxy groups -OCH3 is 3. The van der Waals surface area contributed by atoms with E-state index in [0.29, 0.717) is 104 Å². The quantitative estimate of drug-likeness (QED) is 0.112. The highest BCUT2D eigenvalue weighted by molar-refractivity contribution is 6.06. The average Bonchev–Trinajstić information content (AvgIpc) is 3.86. The van der Waals surface area contributed by atoms with E-state index in [1.54, 1.807) is 48.3 Å². The molecule has 0 saturated carbocycles. The lowest BCUT2D eigenvalue weighted by atomic mass is 10.0. The summed E-state index contributed by atoms with van der Waals surface area (Å²) in [5.74, 6) is 2.97. The second kappa shape index (κ2) is 18.1. The monoisotopic (exact) mass is 813 g/mol. The van der Waals surface area contributed by atoms with E-state index in [0.717, 1.165) is 33.8 Å². The second-order valence-electron chi connectivity index (χ2n) is 14.4. The lowest BCUT2D eigenvalue weighted by Crippen LogP contribution is -2.32. The summed E-state index contributed by atoms with van der Waals surface area (Å²) in [5, 5.41) is 0. The maximum atomic E-state index is 13.9. The summed E-state index contributed by atoms with van der Waals surface area (Å²) in [6.07, 6.45) is 9.19. The number of carbonyl (C=O) groups excluding carboxylic acids is 2. The average molecular weight is 814 g/mol. The molecule has 2 N–H and O–H groups in total. The molecule has 4 aliphatic heterocycles. The van der Waals surface area contributed by atoms with Crippen molar-refractivity contribution in [2.45, 2.75) is 31.3 Å². The molecule has 14 heteroatoms. The fraction of sp³-hybridized carbons (Fsp3) is 0.304. The number of rotatable bonds is 17. The van der Waals surface area contributed by atoms with Crippen LogP contribution in [-0.4, -0.2) is 107 Å². The molecule has 14 nitrogen and oxygen atoms in total. The highest BCUT2D eigenvalue weighted by Gasteiger charge is 2.35. The highest BCUT2D eigenvalue weighted by Crippen LogP contribution is 2.42. The van der Waals surface area contributed by atoms with Gasteiger partial charge in [0.2, 0.25) is 0 Å². The molecule has 4 aliphatic rings. The Labute approximate surface area is 348 Å². The Hall–Kier alpha value is -6.64. The van der Waals surface area contributed by atoms with Gasteiger partial charge in [-0.25, -0.2) is 0 Å². The van der Waals surface area contributed by atoms with E-state index in [9.17, 15) is 9.59 Å². The van der Waals surface area contributed by atoms with Gasteiger partial charge in [0.1, 0.15) is 18.1 Å². The molecule has 4 heterocycles. The molecule has 0 saturated heterocycles. The first-order chi connectivity index (χ1) is 29.4. The fourth-order valence-corrected chi connectivity index (χ4v) is 7.54. The number of nitrogens with two attached hydrogens (primary N) is 1. The zero-order valence-corrected chi connectivity index (χ0v) is 33.8. The zero-order valence-electron chi connectivity index (χ0n) is 33.8. The van der Waals surface area contributed by atoms with Crippen LogP contribution in [0.4, 0.5) is 11.4 Å². The van der Waals surface area contributed by atoms with Crippen molar-refractivity contribution in [3.05, 3.63) is 107 Å². The van der Waals surface area contributed by atoms with Gasteiger partial charge in [-0.3, -0.25) is 19.6 Å². The number of hydrogen-bond donors (Lipinski definition) is 1. The minimum atomic E-state index is -0.233. The van der Waals surface area contributed by atoms with Crippen molar-refractivity contribution < 1.29 is 42.7 Å². The summed E-state index contributed by atoms with van der Waals surface area (Å²) in [7, 11) is 4.71. The van der Waals surface area contributed by atoms with Crippen molar-refractivity contribution in [3.8, 4) is 34.5 Å². The van der Waals surface area contributed by atoms with Crippen molar-refractivity contribution in [3.63, 3.8) is 0 Å². The predicted octanol–water partition coefficient (Wildman–Crippen LogP) is 6.86.